The summed E-state index contributed by atoms with van der Waals surface area (Å²) in [5.74, 6) is 1.50. The SMILES string of the molecule is CCC[C@@](C)(N)c1cnc(OC2(C)CC2)c2cnc(Nc3ccc4c(n3)[C@H](C)[C@H](C)OC4=O)cc12. The summed E-state index contributed by atoms with van der Waals surface area (Å²) in [5.41, 5.74) is 8.24. The van der Waals surface area contributed by atoms with Crippen LogP contribution < -0.4 is 15.8 Å². The van der Waals surface area contributed by atoms with Gasteiger partial charge in [0.25, 0.3) is 0 Å². The van der Waals surface area contributed by atoms with Crippen molar-refractivity contribution in [2.24, 2.45) is 5.73 Å². The van der Waals surface area contributed by atoms with E-state index in [0.717, 1.165) is 47.7 Å². The van der Waals surface area contributed by atoms with E-state index in [1.165, 1.54) is 0 Å². The van der Waals surface area contributed by atoms with Crippen LogP contribution in [0.25, 0.3) is 10.8 Å². The Morgan fingerprint density at radius 2 is 1.97 bits per heavy atom. The van der Waals surface area contributed by atoms with Gasteiger partial charge in [-0.1, -0.05) is 20.3 Å². The van der Waals surface area contributed by atoms with Crippen LogP contribution in [0.4, 0.5) is 11.6 Å². The lowest BCUT2D eigenvalue weighted by atomic mass is 9.87. The lowest BCUT2D eigenvalue weighted by Crippen LogP contribution is -2.33. The molecule has 3 aromatic heterocycles. The van der Waals surface area contributed by atoms with Crippen molar-refractivity contribution in [2.45, 2.75) is 83.5 Å². The first-order valence-electron chi connectivity index (χ1n) is 12.4. The number of anilines is 2. The summed E-state index contributed by atoms with van der Waals surface area (Å²) >= 11 is 0. The Labute approximate surface area is 205 Å². The number of rotatable bonds is 7. The fourth-order valence-electron chi connectivity index (χ4n) is 4.63. The van der Waals surface area contributed by atoms with Crippen LogP contribution >= 0.6 is 0 Å². The number of hydrogen-bond donors (Lipinski definition) is 2. The van der Waals surface area contributed by atoms with Gasteiger partial charge in [0.15, 0.2) is 0 Å². The van der Waals surface area contributed by atoms with Crippen LogP contribution in [-0.2, 0) is 10.3 Å². The normalized spacial score (nSPS) is 22.2. The third kappa shape index (κ3) is 4.43. The summed E-state index contributed by atoms with van der Waals surface area (Å²) in [7, 11) is 0. The van der Waals surface area contributed by atoms with E-state index >= 15 is 0 Å². The largest absolute Gasteiger partial charge is 0.471 e. The van der Waals surface area contributed by atoms with Crippen molar-refractivity contribution in [2.75, 3.05) is 5.32 Å². The topological polar surface area (TPSA) is 112 Å². The number of esters is 1. The molecular weight excluding hydrogens is 442 g/mol. The molecule has 0 bridgehead atoms. The molecular formula is C27H33N5O3. The highest BCUT2D eigenvalue weighted by Gasteiger charge is 2.41. The molecule has 5 rings (SSSR count). The number of aromatic nitrogens is 3. The highest BCUT2D eigenvalue weighted by atomic mass is 16.5. The van der Waals surface area contributed by atoms with E-state index in [-0.39, 0.29) is 23.6 Å². The Morgan fingerprint density at radius 3 is 2.69 bits per heavy atom. The molecule has 8 nitrogen and oxygen atoms in total. The van der Waals surface area contributed by atoms with Gasteiger partial charge >= 0.3 is 5.97 Å². The van der Waals surface area contributed by atoms with Crippen LogP contribution in [-0.4, -0.2) is 32.6 Å². The second-order valence-electron chi connectivity index (χ2n) is 10.5. The van der Waals surface area contributed by atoms with Crippen LogP contribution in [0.15, 0.2) is 30.6 Å². The lowest BCUT2D eigenvalue weighted by Gasteiger charge is -2.27. The molecule has 35 heavy (non-hydrogen) atoms. The van der Waals surface area contributed by atoms with Gasteiger partial charge in [0, 0.05) is 23.9 Å². The predicted molar refractivity (Wildman–Crippen MR) is 135 cm³/mol. The van der Waals surface area contributed by atoms with Crippen LogP contribution in [0.5, 0.6) is 5.88 Å². The Bertz CT molecular complexity index is 1300. The maximum atomic E-state index is 12.3. The minimum Gasteiger partial charge on any atom is -0.471 e. The first-order valence-corrected chi connectivity index (χ1v) is 12.4. The van der Waals surface area contributed by atoms with Crippen molar-refractivity contribution in [1.29, 1.82) is 0 Å². The second kappa shape index (κ2) is 8.45. The molecule has 0 saturated heterocycles. The average Bonchev–Trinajstić information content (AvgIpc) is 3.54. The quantitative estimate of drug-likeness (QED) is 0.441. The fraction of sp³-hybridized carbons (Fsp3) is 0.481. The molecule has 1 fully saturated rings. The summed E-state index contributed by atoms with van der Waals surface area (Å²) < 4.78 is 11.6. The van der Waals surface area contributed by atoms with Gasteiger partial charge < -0.3 is 20.5 Å². The highest BCUT2D eigenvalue weighted by Crippen LogP contribution is 2.42. The number of cyclic esters (lactones) is 1. The van der Waals surface area contributed by atoms with Crippen molar-refractivity contribution in [3.05, 3.63) is 47.4 Å². The molecule has 0 unspecified atom stereocenters. The van der Waals surface area contributed by atoms with Crippen molar-refractivity contribution < 1.29 is 14.3 Å². The van der Waals surface area contributed by atoms with E-state index in [1.54, 1.807) is 18.3 Å². The zero-order chi connectivity index (χ0) is 25.0. The third-order valence-electron chi connectivity index (χ3n) is 7.25. The number of pyridine rings is 3. The number of nitrogens with two attached hydrogens (primary N) is 1. The minimum absolute atomic E-state index is 0.00202. The van der Waals surface area contributed by atoms with Gasteiger partial charge in [0.05, 0.1) is 16.6 Å². The summed E-state index contributed by atoms with van der Waals surface area (Å²) in [4.78, 5) is 26.3. The molecule has 0 amide bonds. The Morgan fingerprint density at radius 1 is 1.20 bits per heavy atom. The number of nitrogens with one attached hydrogen (secondary N) is 1. The van der Waals surface area contributed by atoms with Gasteiger partial charge in [-0.2, -0.15) is 0 Å². The maximum absolute atomic E-state index is 12.3. The number of ether oxygens (including phenoxy) is 2. The van der Waals surface area contributed by atoms with Crippen LogP contribution in [0.2, 0.25) is 0 Å². The molecule has 3 atom stereocenters. The first kappa shape index (κ1) is 23.5. The molecule has 4 heterocycles. The van der Waals surface area contributed by atoms with Gasteiger partial charge in [-0.15, -0.1) is 0 Å². The predicted octanol–water partition coefficient (Wildman–Crippen LogP) is 5.34. The van der Waals surface area contributed by atoms with Gasteiger partial charge in [-0.25, -0.2) is 19.7 Å². The molecule has 8 heteroatoms. The van der Waals surface area contributed by atoms with Crippen LogP contribution in [0.3, 0.4) is 0 Å². The molecule has 3 N–H and O–H groups in total. The van der Waals surface area contributed by atoms with E-state index in [4.69, 9.17) is 20.2 Å². The molecule has 0 radical (unpaired) electrons. The van der Waals surface area contributed by atoms with Crippen LogP contribution in [0.1, 0.15) is 87.8 Å². The smallest absolute Gasteiger partial charge is 0.340 e. The van der Waals surface area contributed by atoms with Crippen molar-refractivity contribution in [3.8, 4) is 5.88 Å². The Hall–Kier alpha value is -3.26. The molecule has 3 aromatic rings. The maximum Gasteiger partial charge on any atom is 0.340 e. The number of nitrogens with zero attached hydrogens (tertiary/aromatic N) is 3. The number of hydrogen-bond acceptors (Lipinski definition) is 8. The zero-order valence-electron chi connectivity index (χ0n) is 21.0. The molecule has 0 aromatic carbocycles. The average molecular weight is 476 g/mol. The molecule has 0 spiro atoms. The Kier molecular flexibility index (Phi) is 5.67. The van der Waals surface area contributed by atoms with Gasteiger partial charge in [0.1, 0.15) is 23.3 Å². The van der Waals surface area contributed by atoms with E-state index in [9.17, 15) is 4.79 Å². The fourth-order valence-corrected chi connectivity index (χ4v) is 4.63. The number of fused-ring (bicyclic) bond motifs is 2. The summed E-state index contributed by atoms with van der Waals surface area (Å²) in [6, 6.07) is 5.51. The van der Waals surface area contributed by atoms with E-state index < -0.39 is 5.54 Å². The molecule has 184 valence electrons. The summed E-state index contributed by atoms with van der Waals surface area (Å²) in [5, 5.41) is 5.11. The van der Waals surface area contributed by atoms with Crippen molar-refractivity contribution in [3.63, 3.8) is 0 Å². The molecule has 1 aliphatic heterocycles. The number of carbonyl (C=O) groups excluding carboxylic acids is 1. The van der Waals surface area contributed by atoms with Gasteiger partial charge in [-0.05, 0) is 69.2 Å². The van der Waals surface area contributed by atoms with E-state index in [0.29, 0.717) is 23.1 Å². The molecule has 1 saturated carbocycles. The standard InChI is InChI=1S/C27H33N5O3/c1-6-9-27(5,28)20-14-30-24(35-26(4)10-11-26)19-13-29-22(12-18(19)20)31-21-8-7-17-23(32-21)15(2)16(3)34-25(17)33/h7-8,12-16H,6,9-11,28H2,1-5H3,(H,29,31,32)/t15-,16+,27-/m1/s1. The lowest BCUT2D eigenvalue weighted by molar-refractivity contribution is 0.0235. The van der Waals surface area contributed by atoms with E-state index in [2.05, 4.69) is 29.1 Å². The Balaban J connectivity index is 1.55. The van der Waals surface area contributed by atoms with Gasteiger partial charge in [-0.3, -0.25) is 0 Å². The van der Waals surface area contributed by atoms with Crippen LogP contribution in [0, 0.1) is 0 Å². The molecule has 2 aliphatic rings. The van der Waals surface area contributed by atoms with Crippen molar-refractivity contribution >= 4 is 28.4 Å². The minimum atomic E-state index is -0.545. The first-order chi connectivity index (χ1) is 16.6. The third-order valence-corrected chi connectivity index (χ3v) is 7.25. The van der Waals surface area contributed by atoms with Crippen molar-refractivity contribution in [1.82, 2.24) is 15.0 Å². The van der Waals surface area contributed by atoms with E-state index in [1.807, 2.05) is 33.0 Å². The second-order valence-corrected chi connectivity index (χ2v) is 10.5. The van der Waals surface area contributed by atoms with Gasteiger partial charge in [0.2, 0.25) is 5.88 Å². The summed E-state index contributed by atoms with van der Waals surface area (Å²) in [6.45, 7) is 10.2. The number of carbonyl (C=O) groups is 1. The zero-order valence-corrected chi connectivity index (χ0v) is 21.0. The molecule has 1 aliphatic carbocycles. The monoisotopic (exact) mass is 475 g/mol. The highest BCUT2D eigenvalue weighted by molar-refractivity contribution is 5.93. The summed E-state index contributed by atoms with van der Waals surface area (Å²) in [6.07, 6.45) is 7.23.